The van der Waals surface area contributed by atoms with Crippen LogP contribution in [-0.4, -0.2) is 24.5 Å². The van der Waals surface area contributed by atoms with Crippen molar-refractivity contribution in [2.45, 2.75) is 30.6 Å². The van der Waals surface area contributed by atoms with Crippen molar-refractivity contribution in [2.24, 2.45) is 0 Å². The standard InChI is InChI=1S/C12H13F3O3S/c13-7-5-8(14)11(9(15)6-7)12(16)10-3-1-2-4-19(10,17)18/h5-6,10,12,16H,1-4H2. The van der Waals surface area contributed by atoms with Gasteiger partial charge in [0.2, 0.25) is 0 Å². The molecule has 0 aliphatic carbocycles. The molecule has 1 N–H and O–H groups in total. The van der Waals surface area contributed by atoms with Gasteiger partial charge in [-0.3, -0.25) is 0 Å². The number of hydrogen-bond acceptors (Lipinski definition) is 3. The summed E-state index contributed by atoms with van der Waals surface area (Å²) in [6.45, 7) is 0. The maximum Gasteiger partial charge on any atom is 0.156 e. The highest BCUT2D eigenvalue weighted by Crippen LogP contribution is 2.33. The first-order chi connectivity index (χ1) is 8.83. The van der Waals surface area contributed by atoms with E-state index in [0.29, 0.717) is 25.0 Å². The second kappa shape index (κ2) is 5.13. The highest BCUT2D eigenvalue weighted by molar-refractivity contribution is 7.92. The van der Waals surface area contributed by atoms with Gasteiger partial charge in [0.05, 0.1) is 16.6 Å². The molecule has 1 aliphatic rings. The minimum absolute atomic E-state index is 0.112. The van der Waals surface area contributed by atoms with E-state index in [1.807, 2.05) is 0 Å². The summed E-state index contributed by atoms with van der Waals surface area (Å²) >= 11 is 0. The first-order valence-electron chi connectivity index (χ1n) is 5.87. The van der Waals surface area contributed by atoms with Crippen molar-refractivity contribution in [1.82, 2.24) is 0 Å². The highest BCUT2D eigenvalue weighted by Gasteiger charge is 2.37. The van der Waals surface area contributed by atoms with E-state index in [9.17, 15) is 26.7 Å². The van der Waals surface area contributed by atoms with Crippen molar-refractivity contribution in [1.29, 1.82) is 0 Å². The van der Waals surface area contributed by atoms with Crippen LogP contribution in [0.5, 0.6) is 0 Å². The molecule has 0 aromatic heterocycles. The van der Waals surface area contributed by atoms with Crippen LogP contribution in [0.3, 0.4) is 0 Å². The van der Waals surface area contributed by atoms with E-state index < -0.39 is 44.2 Å². The Kier molecular flexibility index (Phi) is 3.87. The van der Waals surface area contributed by atoms with Gasteiger partial charge in [-0.15, -0.1) is 0 Å². The summed E-state index contributed by atoms with van der Waals surface area (Å²) in [6, 6.07) is 0.855. The zero-order valence-corrected chi connectivity index (χ0v) is 10.8. The molecule has 1 saturated heterocycles. The third-order valence-electron chi connectivity index (χ3n) is 3.32. The van der Waals surface area contributed by atoms with Crippen LogP contribution in [-0.2, 0) is 9.84 Å². The molecule has 3 nitrogen and oxygen atoms in total. The van der Waals surface area contributed by atoms with Gasteiger partial charge < -0.3 is 5.11 Å². The average Bonchev–Trinajstić information content (AvgIpc) is 2.26. The summed E-state index contributed by atoms with van der Waals surface area (Å²) in [7, 11) is -3.59. The minimum atomic E-state index is -3.59. The summed E-state index contributed by atoms with van der Waals surface area (Å²) < 4.78 is 63.5. The topological polar surface area (TPSA) is 54.4 Å². The molecule has 19 heavy (non-hydrogen) atoms. The lowest BCUT2D eigenvalue weighted by molar-refractivity contribution is 0.155. The molecule has 0 amide bonds. The van der Waals surface area contributed by atoms with E-state index in [0.717, 1.165) is 0 Å². The van der Waals surface area contributed by atoms with E-state index in [1.54, 1.807) is 0 Å². The molecular formula is C12H13F3O3S. The van der Waals surface area contributed by atoms with Crippen molar-refractivity contribution >= 4 is 9.84 Å². The van der Waals surface area contributed by atoms with Crippen LogP contribution in [0.15, 0.2) is 12.1 Å². The molecule has 1 heterocycles. The smallest absolute Gasteiger partial charge is 0.156 e. The molecule has 7 heteroatoms. The maximum atomic E-state index is 13.5. The molecule has 2 unspecified atom stereocenters. The molecule has 106 valence electrons. The lowest BCUT2D eigenvalue weighted by Gasteiger charge is -2.27. The van der Waals surface area contributed by atoms with Crippen molar-refractivity contribution in [3.05, 3.63) is 35.1 Å². The number of benzene rings is 1. The molecule has 2 rings (SSSR count). The number of aliphatic hydroxyl groups excluding tert-OH is 1. The number of rotatable bonds is 2. The van der Waals surface area contributed by atoms with Crippen LogP contribution in [0.4, 0.5) is 13.2 Å². The molecule has 1 aromatic carbocycles. The third-order valence-corrected chi connectivity index (χ3v) is 5.59. The van der Waals surface area contributed by atoms with Gasteiger partial charge >= 0.3 is 0 Å². The maximum absolute atomic E-state index is 13.5. The lowest BCUT2D eigenvalue weighted by atomic mass is 10.0. The van der Waals surface area contributed by atoms with Gasteiger partial charge in [0.25, 0.3) is 0 Å². The Balaban J connectivity index is 2.42. The molecule has 0 saturated carbocycles. The van der Waals surface area contributed by atoms with E-state index in [2.05, 4.69) is 0 Å². The largest absolute Gasteiger partial charge is 0.387 e. The van der Waals surface area contributed by atoms with Crippen molar-refractivity contribution < 1.29 is 26.7 Å². The molecule has 0 spiro atoms. The first kappa shape index (κ1) is 14.3. The normalized spacial score (nSPS) is 24.1. The Morgan fingerprint density at radius 3 is 2.26 bits per heavy atom. The Bertz CT molecular complexity index is 563. The highest BCUT2D eigenvalue weighted by atomic mass is 32.2. The van der Waals surface area contributed by atoms with E-state index >= 15 is 0 Å². The van der Waals surface area contributed by atoms with Crippen molar-refractivity contribution in [3.63, 3.8) is 0 Å². The number of aliphatic hydroxyl groups is 1. The van der Waals surface area contributed by atoms with Gasteiger partial charge in [0.1, 0.15) is 23.6 Å². The Morgan fingerprint density at radius 2 is 1.74 bits per heavy atom. The fourth-order valence-corrected chi connectivity index (χ4v) is 4.32. The van der Waals surface area contributed by atoms with Crippen molar-refractivity contribution in [2.75, 3.05) is 5.75 Å². The average molecular weight is 294 g/mol. The predicted octanol–water partition coefficient (Wildman–Crippen LogP) is 2.10. The Hall–Kier alpha value is -1.08. The summed E-state index contributed by atoms with van der Waals surface area (Å²) in [5, 5.41) is 8.71. The molecule has 0 bridgehead atoms. The molecule has 1 fully saturated rings. The molecule has 1 aromatic rings. The molecule has 0 radical (unpaired) electrons. The van der Waals surface area contributed by atoms with Gasteiger partial charge in [-0.2, -0.15) is 0 Å². The van der Waals surface area contributed by atoms with Crippen LogP contribution >= 0.6 is 0 Å². The van der Waals surface area contributed by atoms with Crippen LogP contribution in [0, 0.1) is 17.5 Å². The zero-order valence-electron chi connectivity index (χ0n) is 9.94. The zero-order chi connectivity index (χ0) is 14.2. The monoisotopic (exact) mass is 294 g/mol. The van der Waals surface area contributed by atoms with Crippen LogP contribution in [0.2, 0.25) is 0 Å². The van der Waals surface area contributed by atoms with Crippen LogP contribution in [0.1, 0.15) is 30.9 Å². The van der Waals surface area contributed by atoms with Gasteiger partial charge in [-0.1, -0.05) is 6.42 Å². The predicted molar refractivity (Wildman–Crippen MR) is 62.7 cm³/mol. The third kappa shape index (κ3) is 2.76. The van der Waals surface area contributed by atoms with Crippen LogP contribution in [0.25, 0.3) is 0 Å². The fraction of sp³-hybridized carbons (Fsp3) is 0.500. The molecular weight excluding hydrogens is 281 g/mol. The van der Waals surface area contributed by atoms with E-state index in [4.69, 9.17) is 0 Å². The Morgan fingerprint density at radius 1 is 1.16 bits per heavy atom. The Labute approximate surface area is 109 Å². The summed E-state index contributed by atoms with van der Waals surface area (Å²) in [4.78, 5) is 0. The van der Waals surface area contributed by atoms with Gasteiger partial charge in [-0.25, -0.2) is 21.6 Å². The second-order valence-electron chi connectivity index (χ2n) is 4.63. The van der Waals surface area contributed by atoms with Crippen LogP contribution < -0.4 is 0 Å². The molecule has 2 atom stereocenters. The van der Waals surface area contributed by atoms with E-state index in [1.165, 1.54) is 0 Å². The molecule has 1 aliphatic heterocycles. The van der Waals surface area contributed by atoms with Crippen molar-refractivity contribution in [3.8, 4) is 0 Å². The summed E-state index contributed by atoms with van der Waals surface area (Å²) in [5.41, 5.74) is -0.781. The fourth-order valence-electron chi connectivity index (χ4n) is 2.36. The van der Waals surface area contributed by atoms with Gasteiger partial charge in [0.15, 0.2) is 9.84 Å². The van der Waals surface area contributed by atoms with Gasteiger partial charge in [-0.05, 0) is 12.8 Å². The lowest BCUT2D eigenvalue weighted by Crippen LogP contribution is -2.34. The SMILES string of the molecule is O=S1(=O)CCCCC1C(O)c1c(F)cc(F)cc1F. The number of sulfone groups is 1. The first-order valence-corrected chi connectivity index (χ1v) is 7.58. The number of halogens is 3. The summed E-state index contributed by atoms with van der Waals surface area (Å²) in [6.07, 6.45) is -0.642. The second-order valence-corrected chi connectivity index (χ2v) is 6.97. The van der Waals surface area contributed by atoms with Gasteiger partial charge in [0, 0.05) is 12.1 Å². The minimum Gasteiger partial charge on any atom is -0.387 e. The summed E-state index contributed by atoms with van der Waals surface area (Å²) in [5.74, 6) is -3.77. The quantitative estimate of drug-likeness (QED) is 0.909. The number of hydrogen-bond donors (Lipinski definition) is 1. The van der Waals surface area contributed by atoms with E-state index in [-0.39, 0.29) is 12.2 Å².